The van der Waals surface area contributed by atoms with E-state index < -0.39 is 5.41 Å². The summed E-state index contributed by atoms with van der Waals surface area (Å²) < 4.78 is 5.19. The van der Waals surface area contributed by atoms with Gasteiger partial charge >= 0.3 is 5.97 Å². The van der Waals surface area contributed by atoms with Gasteiger partial charge in [0, 0.05) is 0 Å². The van der Waals surface area contributed by atoms with Crippen molar-refractivity contribution in [3.05, 3.63) is 70.3 Å². The highest BCUT2D eigenvalue weighted by atomic mass is 16.5. The summed E-state index contributed by atoms with van der Waals surface area (Å²) in [4.78, 5) is 12.6. The van der Waals surface area contributed by atoms with Crippen LogP contribution in [0, 0.1) is 5.41 Å². The predicted octanol–water partition coefficient (Wildman–Crippen LogP) is 3.68. The van der Waals surface area contributed by atoms with Crippen LogP contribution in [0.2, 0.25) is 0 Å². The van der Waals surface area contributed by atoms with E-state index in [0.717, 1.165) is 19.3 Å². The fourth-order valence-corrected chi connectivity index (χ4v) is 4.38. The van der Waals surface area contributed by atoms with Crippen molar-refractivity contribution >= 4 is 5.97 Å². The van der Waals surface area contributed by atoms with E-state index in [2.05, 4.69) is 42.5 Å². The second-order valence-electron chi connectivity index (χ2n) is 7.03. The number of hydrogen-bond donors (Lipinski definition) is 0. The maximum Gasteiger partial charge on any atom is 0.312 e. The minimum atomic E-state index is -0.439. The molecule has 0 N–H and O–H groups in total. The van der Waals surface area contributed by atoms with Crippen molar-refractivity contribution < 1.29 is 9.53 Å². The molecule has 0 saturated carbocycles. The normalized spacial score (nSPS) is 17.6. The molecule has 4 rings (SSSR count). The molecular formula is C21H22O2. The fourth-order valence-electron chi connectivity index (χ4n) is 4.38. The average molecular weight is 306 g/mol. The van der Waals surface area contributed by atoms with Gasteiger partial charge in [0.2, 0.25) is 0 Å². The Morgan fingerprint density at radius 1 is 1.00 bits per heavy atom. The van der Waals surface area contributed by atoms with Crippen molar-refractivity contribution in [3.8, 4) is 0 Å². The van der Waals surface area contributed by atoms with E-state index in [1.165, 1.54) is 54.2 Å². The third-order valence-corrected chi connectivity index (χ3v) is 5.50. The molecule has 0 spiro atoms. The van der Waals surface area contributed by atoms with E-state index in [-0.39, 0.29) is 5.97 Å². The average Bonchev–Trinajstić information content (AvgIpc) is 3.17. The van der Waals surface area contributed by atoms with Gasteiger partial charge in [-0.05, 0) is 66.3 Å². The van der Waals surface area contributed by atoms with Crippen LogP contribution in [-0.4, -0.2) is 13.1 Å². The van der Waals surface area contributed by atoms with Gasteiger partial charge in [0.05, 0.1) is 12.5 Å². The van der Waals surface area contributed by atoms with Crippen molar-refractivity contribution in [2.24, 2.45) is 5.41 Å². The lowest BCUT2D eigenvalue weighted by atomic mass is 9.78. The van der Waals surface area contributed by atoms with Crippen LogP contribution in [0.25, 0.3) is 0 Å². The molecule has 2 aliphatic rings. The fraction of sp³-hybridized carbons (Fsp3) is 0.381. The molecule has 0 heterocycles. The van der Waals surface area contributed by atoms with Crippen molar-refractivity contribution in [1.82, 2.24) is 0 Å². The summed E-state index contributed by atoms with van der Waals surface area (Å²) in [5, 5.41) is 0. The predicted molar refractivity (Wildman–Crippen MR) is 90.5 cm³/mol. The minimum Gasteiger partial charge on any atom is -0.469 e. The Bertz CT molecular complexity index is 735. The second kappa shape index (κ2) is 5.52. The van der Waals surface area contributed by atoms with Crippen LogP contribution in [0.1, 0.15) is 34.2 Å². The third-order valence-electron chi connectivity index (χ3n) is 5.50. The summed E-state index contributed by atoms with van der Waals surface area (Å²) in [5.41, 5.74) is 6.36. The first-order valence-electron chi connectivity index (χ1n) is 8.46. The summed E-state index contributed by atoms with van der Waals surface area (Å²) in [5.74, 6) is -0.0748. The molecule has 2 nitrogen and oxygen atoms in total. The van der Waals surface area contributed by atoms with Crippen LogP contribution >= 0.6 is 0 Å². The molecule has 0 atom stereocenters. The molecule has 118 valence electrons. The van der Waals surface area contributed by atoms with Gasteiger partial charge in [0.1, 0.15) is 0 Å². The molecule has 0 saturated heterocycles. The van der Waals surface area contributed by atoms with Crippen LogP contribution in [0.3, 0.4) is 0 Å². The van der Waals surface area contributed by atoms with E-state index in [4.69, 9.17) is 4.74 Å². The maximum absolute atomic E-state index is 12.6. The number of methoxy groups -OCH3 is 1. The lowest BCUT2D eigenvalue weighted by Gasteiger charge is -2.26. The Morgan fingerprint density at radius 2 is 1.70 bits per heavy atom. The van der Waals surface area contributed by atoms with Gasteiger partial charge in [0.15, 0.2) is 0 Å². The first-order chi connectivity index (χ1) is 11.2. The van der Waals surface area contributed by atoms with Crippen molar-refractivity contribution in [2.45, 2.75) is 38.5 Å². The number of benzene rings is 2. The van der Waals surface area contributed by atoms with Crippen molar-refractivity contribution in [2.75, 3.05) is 7.11 Å². The molecule has 2 aliphatic carbocycles. The first-order valence-corrected chi connectivity index (χ1v) is 8.46. The van der Waals surface area contributed by atoms with Gasteiger partial charge in [-0.2, -0.15) is 0 Å². The van der Waals surface area contributed by atoms with E-state index >= 15 is 0 Å². The van der Waals surface area contributed by atoms with Crippen molar-refractivity contribution in [3.63, 3.8) is 0 Å². The molecule has 0 unspecified atom stereocenters. The molecular weight excluding hydrogens is 284 g/mol. The topological polar surface area (TPSA) is 26.3 Å². The van der Waals surface area contributed by atoms with Gasteiger partial charge in [-0.25, -0.2) is 0 Å². The van der Waals surface area contributed by atoms with Gasteiger partial charge in [-0.3, -0.25) is 4.79 Å². The lowest BCUT2D eigenvalue weighted by Crippen LogP contribution is -2.35. The Kier molecular flexibility index (Phi) is 3.48. The molecule has 0 aromatic heterocycles. The third kappa shape index (κ3) is 2.46. The van der Waals surface area contributed by atoms with E-state index in [1.807, 2.05) is 0 Å². The zero-order chi connectivity index (χ0) is 15.9. The van der Waals surface area contributed by atoms with Gasteiger partial charge in [-0.1, -0.05) is 42.5 Å². The largest absolute Gasteiger partial charge is 0.469 e. The summed E-state index contributed by atoms with van der Waals surface area (Å²) in [7, 11) is 1.51. The summed E-state index contributed by atoms with van der Waals surface area (Å²) >= 11 is 0. The van der Waals surface area contributed by atoms with Gasteiger partial charge < -0.3 is 4.74 Å². The van der Waals surface area contributed by atoms with Crippen LogP contribution in [0.4, 0.5) is 0 Å². The number of carbonyl (C=O) groups is 1. The smallest absolute Gasteiger partial charge is 0.312 e. The van der Waals surface area contributed by atoms with Crippen LogP contribution < -0.4 is 0 Å². The highest BCUT2D eigenvalue weighted by molar-refractivity contribution is 5.79. The highest BCUT2D eigenvalue weighted by Crippen LogP contribution is 2.41. The van der Waals surface area contributed by atoms with E-state index in [0.29, 0.717) is 0 Å². The summed E-state index contributed by atoms with van der Waals surface area (Å²) in [6, 6.07) is 15.2. The molecule has 0 radical (unpaired) electrons. The molecule has 23 heavy (non-hydrogen) atoms. The highest BCUT2D eigenvalue weighted by Gasteiger charge is 2.44. The van der Waals surface area contributed by atoms with Crippen molar-refractivity contribution in [1.29, 1.82) is 0 Å². The molecule has 2 aromatic carbocycles. The number of hydrogen-bond acceptors (Lipinski definition) is 2. The number of carbonyl (C=O) groups excluding carboxylic acids is 1. The van der Waals surface area contributed by atoms with Crippen LogP contribution in [0.5, 0.6) is 0 Å². The quantitative estimate of drug-likeness (QED) is 0.809. The Balaban J connectivity index is 1.67. The number of rotatable bonds is 3. The van der Waals surface area contributed by atoms with Gasteiger partial charge in [-0.15, -0.1) is 0 Å². The molecule has 0 bridgehead atoms. The zero-order valence-electron chi connectivity index (χ0n) is 13.6. The van der Waals surface area contributed by atoms with Crippen LogP contribution in [-0.2, 0) is 41.6 Å². The number of ether oxygens (including phenoxy) is 1. The summed E-state index contributed by atoms with van der Waals surface area (Å²) in [6.45, 7) is 0. The Labute approximate surface area is 137 Å². The number of aryl methyl sites for hydroxylation is 2. The molecule has 2 heteroatoms. The zero-order valence-corrected chi connectivity index (χ0v) is 13.6. The van der Waals surface area contributed by atoms with Gasteiger partial charge in [0.25, 0.3) is 0 Å². The maximum atomic E-state index is 12.6. The monoisotopic (exact) mass is 306 g/mol. The Morgan fingerprint density at radius 3 is 2.39 bits per heavy atom. The Hall–Kier alpha value is -2.09. The number of fused-ring (bicyclic) bond motifs is 2. The SMILES string of the molecule is COC(=O)C1(Cc2ccc3c(c2)CCC3)Cc2ccccc2C1. The molecule has 0 aliphatic heterocycles. The molecule has 0 amide bonds. The minimum absolute atomic E-state index is 0.0748. The summed E-state index contributed by atoms with van der Waals surface area (Å²) in [6.07, 6.45) is 5.96. The second-order valence-corrected chi connectivity index (χ2v) is 7.03. The first kappa shape index (κ1) is 14.5. The van der Waals surface area contributed by atoms with Crippen LogP contribution in [0.15, 0.2) is 42.5 Å². The van der Waals surface area contributed by atoms with E-state index in [9.17, 15) is 4.79 Å². The molecule has 2 aromatic rings. The number of esters is 1. The van der Waals surface area contributed by atoms with E-state index in [1.54, 1.807) is 0 Å². The standard InChI is InChI=1S/C21H22O2/c1-23-20(22)21(13-18-5-2-3-6-19(18)14-21)12-15-9-10-16-7-4-8-17(16)11-15/h2-3,5-6,9-11H,4,7-8,12-14H2,1H3. The lowest BCUT2D eigenvalue weighted by molar-refractivity contribution is -0.152. The molecule has 0 fully saturated rings.